The van der Waals surface area contributed by atoms with E-state index in [2.05, 4.69) is 15.5 Å². The molecule has 3 aliphatic rings. The number of hydrogen-bond donors (Lipinski definition) is 1. The fraction of sp³-hybridized carbons (Fsp3) is 0.571. The summed E-state index contributed by atoms with van der Waals surface area (Å²) < 4.78 is 18.8. The van der Waals surface area contributed by atoms with E-state index in [0.29, 0.717) is 11.3 Å². The van der Waals surface area contributed by atoms with Gasteiger partial charge in [-0.1, -0.05) is 17.2 Å². The molecule has 148 valence electrons. The summed E-state index contributed by atoms with van der Waals surface area (Å²) in [5, 5.41) is 11.3. The van der Waals surface area contributed by atoms with Crippen LogP contribution in [0.4, 0.5) is 10.4 Å². The van der Waals surface area contributed by atoms with Gasteiger partial charge < -0.3 is 14.6 Å². The lowest BCUT2D eigenvalue weighted by Crippen LogP contribution is -2.45. The molecule has 1 aromatic heterocycles. The Hall–Kier alpha value is -2.44. The number of carbonyl (C=O) groups is 1. The molecule has 1 aliphatic heterocycles. The molecule has 6 nitrogen and oxygen atoms in total. The molecular formula is C21H25FN4O2. The number of amides is 1. The van der Waals surface area contributed by atoms with Crippen molar-refractivity contribution in [3.63, 3.8) is 0 Å². The van der Waals surface area contributed by atoms with Gasteiger partial charge in [0.05, 0.1) is 0 Å². The lowest BCUT2D eigenvalue weighted by Gasteiger charge is -2.33. The maximum atomic E-state index is 13.1. The Bertz CT molecular complexity index is 867. The van der Waals surface area contributed by atoms with Gasteiger partial charge in [-0.2, -0.15) is 0 Å². The van der Waals surface area contributed by atoms with Gasteiger partial charge in [0.1, 0.15) is 11.9 Å². The van der Waals surface area contributed by atoms with E-state index < -0.39 is 6.04 Å². The fourth-order valence-electron chi connectivity index (χ4n) is 4.39. The SMILES string of the molecule is C[C@H](Nc1nnc([C@@H]2C[C@H]2c2ccc(F)cc2)o1)C(=O)N1CCC2(CC1)CC2. The number of halogens is 1. The lowest BCUT2D eigenvalue weighted by molar-refractivity contribution is -0.133. The minimum Gasteiger partial charge on any atom is -0.408 e. The fourth-order valence-corrected chi connectivity index (χ4v) is 4.39. The molecule has 0 unspecified atom stereocenters. The van der Waals surface area contributed by atoms with Crippen LogP contribution in [0.15, 0.2) is 28.7 Å². The van der Waals surface area contributed by atoms with Crippen LogP contribution < -0.4 is 5.32 Å². The summed E-state index contributed by atoms with van der Waals surface area (Å²) in [5.41, 5.74) is 1.64. The van der Waals surface area contributed by atoms with Crippen molar-refractivity contribution >= 4 is 11.9 Å². The van der Waals surface area contributed by atoms with E-state index in [4.69, 9.17) is 4.42 Å². The average molecular weight is 384 g/mol. The van der Waals surface area contributed by atoms with Crippen molar-refractivity contribution in [3.8, 4) is 0 Å². The van der Waals surface area contributed by atoms with E-state index in [-0.39, 0.29) is 29.6 Å². The smallest absolute Gasteiger partial charge is 0.316 e. The first-order valence-corrected chi connectivity index (χ1v) is 10.2. The molecule has 2 aromatic rings. The minimum atomic E-state index is -0.395. The molecule has 3 fully saturated rings. The van der Waals surface area contributed by atoms with Crippen molar-refractivity contribution in [2.24, 2.45) is 5.41 Å². The summed E-state index contributed by atoms with van der Waals surface area (Å²) in [7, 11) is 0. The molecule has 2 heterocycles. The molecule has 7 heteroatoms. The number of benzene rings is 1. The number of nitrogens with one attached hydrogen (secondary N) is 1. The van der Waals surface area contributed by atoms with E-state index in [1.807, 2.05) is 11.8 Å². The molecule has 0 radical (unpaired) electrons. The van der Waals surface area contributed by atoms with Crippen LogP contribution in [0.5, 0.6) is 0 Å². The Morgan fingerprint density at radius 2 is 1.89 bits per heavy atom. The summed E-state index contributed by atoms with van der Waals surface area (Å²) in [6.45, 7) is 3.54. The van der Waals surface area contributed by atoms with Gasteiger partial charge in [0.25, 0.3) is 0 Å². The van der Waals surface area contributed by atoms with Crippen LogP contribution in [-0.4, -0.2) is 40.1 Å². The molecular weight excluding hydrogens is 359 g/mol. The van der Waals surface area contributed by atoms with Gasteiger partial charge >= 0.3 is 6.01 Å². The van der Waals surface area contributed by atoms with Crippen molar-refractivity contribution in [1.29, 1.82) is 0 Å². The van der Waals surface area contributed by atoms with Crippen LogP contribution >= 0.6 is 0 Å². The molecule has 2 aliphatic carbocycles. The first-order valence-electron chi connectivity index (χ1n) is 10.2. The van der Waals surface area contributed by atoms with Crippen LogP contribution in [0, 0.1) is 11.2 Å². The van der Waals surface area contributed by atoms with E-state index in [1.54, 1.807) is 12.1 Å². The standard InChI is InChI=1S/C21H25FN4O2/c1-13(19(27)26-10-8-21(6-7-21)9-11-26)23-20-25-24-18(28-20)17-12-16(17)14-2-4-15(22)5-3-14/h2-5,13,16-17H,6-12H2,1H3,(H,23,25)/t13-,16-,17+/m0/s1. The van der Waals surface area contributed by atoms with Gasteiger partial charge in [-0.15, -0.1) is 5.10 Å². The number of nitrogens with zero attached hydrogens (tertiary/aromatic N) is 3. The predicted molar refractivity (Wildman–Crippen MR) is 101 cm³/mol. The number of hydrogen-bond acceptors (Lipinski definition) is 5. The Morgan fingerprint density at radius 3 is 2.57 bits per heavy atom. The van der Waals surface area contributed by atoms with Crippen molar-refractivity contribution in [3.05, 3.63) is 41.5 Å². The van der Waals surface area contributed by atoms with Crippen molar-refractivity contribution in [2.45, 2.75) is 56.9 Å². The van der Waals surface area contributed by atoms with Crippen LogP contribution in [0.2, 0.25) is 0 Å². The molecule has 0 bridgehead atoms. The Balaban J connectivity index is 1.16. The van der Waals surface area contributed by atoms with Crippen LogP contribution in [-0.2, 0) is 4.79 Å². The first-order chi connectivity index (χ1) is 13.5. The summed E-state index contributed by atoms with van der Waals surface area (Å²) in [6, 6.07) is 6.46. The second-order valence-corrected chi connectivity index (χ2v) is 8.64. The highest BCUT2D eigenvalue weighted by atomic mass is 19.1. The number of piperidine rings is 1. The zero-order valence-electron chi connectivity index (χ0n) is 16.0. The van der Waals surface area contributed by atoms with Gasteiger partial charge in [0.15, 0.2) is 0 Å². The minimum absolute atomic E-state index is 0.0888. The number of carbonyl (C=O) groups excluding carboxylic acids is 1. The second kappa shape index (κ2) is 6.57. The molecule has 1 spiro atoms. The third-order valence-electron chi connectivity index (χ3n) is 6.65. The monoisotopic (exact) mass is 384 g/mol. The number of aromatic nitrogens is 2. The molecule has 5 rings (SSSR count). The zero-order chi connectivity index (χ0) is 19.3. The zero-order valence-corrected chi connectivity index (χ0v) is 16.0. The lowest BCUT2D eigenvalue weighted by atomic mass is 9.93. The molecule has 2 saturated carbocycles. The molecule has 1 amide bonds. The van der Waals surface area contributed by atoms with E-state index in [9.17, 15) is 9.18 Å². The van der Waals surface area contributed by atoms with Crippen LogP contribution in [0.1, 0.15) is 62.3 Å². The Morgan fingerprint density at radius 1 is 1.18 bits per heavy atom. The highest BCUT2D eigenvalue weighted by Crippen LogP contribution is 2.54. The molecule has 1 N–H and O–H groups in total. The summed E-state index contributed by atoms with van der Waals surface area (Å²) in [4.78, 5) is 14.6. The highest BCUT2D eigenvalue weighted by Gasteiger charge is 2.46. The maximum absolute atomic E-state index is 13.1. The topological polar surface area (TPSA) is 71.3 Å². The van der Waals surface area contributed by atoms with Crippen molar-refractivity contribution < 1.29 is 13.6 Å². The molecule has 28 heavy (non-hydrogen) atoms. The van der Waals surface area contributed by atoms with Gasteiger partial charge in [-0.25, -0.2) is 4.39 Å². The largest absolute Gasteiger partial charge is 0.408 e. The maximum Gasteiger partial charge on any atom is 0.316 e. The molecule has 1 aromatic carbocycles. The number of rotatable bonds is 5. The van der Waals surface area contributed by atoms with Crippen molar-refractivity contribution in [2.75, 3.05) is 18.4 Å². The van der Waals surface area contributed by atoms with E-state index >= 15 is 0 Å². The van der Waals surface area contributed by atoms with E-state index in [0.717, 1.165) is 37.9 Å². The van der Waals surface area contributed by atoms with Gasteiger partial charge in [-0.3, -0.25) is 4.79 Å². The summed E-state index contributed by atoms with van der Waals surface area (Å²) in [6.07, 6.45) is 5.82. The Kier molecular flexibility index (Phi) is 4.14. The van der Waals surface area contributed by atoms with Crippen LogP contribution in [0.3, 0.4) is 0 Å². The molecule has 1 saturated heterocycles. The Labute approximate surface area is 163 Å². The van der Waals surface area contributed by atoms with Gasteiger partial charge in [0, 0.05) is 19.0 Å². The number of likely N-dealkylation sites (tertiary alicyclic amines) is 1. The van der Waals surface area contributed by atoms with Crippen LogP contribution in [0.25, 0.3) is 0 Å². The average Bonchev–Trinajstić information content (AvgIpc) is 3.61. The summed E-state index contributed by atoms with van der Waals surface area (Å²) in [5.74, 6) is 0.883. The highest BCUT2D eigenvalue weighted by molar-refractivity contribution is 5.83. The normalized spacial score (nSPS) is 26.1. The van der Waals surface area contributed by atoms with Crippen molar-refractivity contribution in [1.82, 2.24) is 15.1 Å². The predicted octanol–water partition coefficient (Wildman–Crippen LogP) is 3.68. The number of anilines is 1. The molecule has 3 atom stereocenters. The summed E-state index contributed by atoms with van der Waals surface area (Å²) >= 11 is 0. The first kappa shape index (κ1) is 17.6. The quantitative estimate of drug-likeness (QED) is 0.851. The second-order valence-electron chi connectivity index (χ2n) is 8.64. The van der Waals surface area contributed by atoms with E-state index in [1.165, 1.54) is 25.0 Å². The third-order valence-corrected chi connectivity index (χ3v) is 6.65. The third kappa shape index (κ3) is 3.38. The van der Waals surface area contributed by atoms with Gasteiger partial charge in [0.2, 0.25) is 11.8 Å². The van der Waals surface area contributed by atoms with Gasteiger partial charge in [-0.05, 0) is 68.1 Å².